The Hall–Kier alpha value is -3.21. The normalized spacial score (nSPS) is 13.0. The summed E-state index contributed by atoms with van der Waals surface area (Å²) in [6.07, 6.45) is 6.69. The summed E-state index contributed by atoms with van der Waals surface area (Å²) in [7, 11) is 0. The highest BCUT2D eigenvalue weighted by Crippen LogP contribution is 2.23. The van der Waals surface area contributed by atoms with Crippen molar-refractivity contribution in [2.75, 3.05) is 5.32 Å². The van der Waals surface area contributed by atoms with Crippen LogP contribution in [0.25, 0.3) is 5.69 Å². The zero-order valence-corrected chi connectivity index (χ0v) is 15.7. The molecule has 0 atom stereocenters. The lowest BCUT2D eigenvalue weighted by atomic mass is 9.89. The number of nitrogens with zero attached hydrogens (tertiary/aromatic N) is 2. The molecule has 0 bridgehead atoms. The van der Waals surface area contributed by atoms with E-state index in [-0.39, 0.29) is 24.5 Å². The Bertz CT molecular complexity index is 992. The van der Waals surface area contributed by atoms with Crippen LogP contribution in [0, 0.1) is 0 Å². The van der Waals surface area contributed by atoms with Crippen LogP contribution in [0.3, 0.4) is 0 Å². The van der Waals surface area contributed by atoms with Gasteiger partial charge in [-0.25, -0.2) is 4.68 Å². The van der Waals surface area contributed by atoms with Gasteiger partial charge in [0.1, 0.15) is 0 Å². The molecule has 0 spiro atoms. The van der Waals surface area contributed by atoms with Crippen LogP contribution in [0.15, 0.2) is 60.8 Å². The van der Waals surface area contributed by atoms with Crippen LogP contribution < -0.4 is 5.32 Å². The molecule has 142 valence electrons. The summed E-state index contributed by atoms with van der Waals surface area (Å²) in [4.78, 5) is 24.7. The van der Waals surface area contributed by atoms with Crippen molar-refractivity contribution < 1.29 is 9.59 Å². The molecule has 0 radical (unpaired) electrons. The van der Waals surface area contributed by atoms with Gasteiger partial charge in [0.25, 0.3) is 0 Å². The average Bonchev–Trinajstić information content (AvgIpc) is 3.20. The molecule has 4 rings (SSSR count). The first-order valence-corrected chi connectivity index (χ1v) is 9.75. The molecular formula is C23H23N3O2. The van der Waals surface area contributed by atoms with Gasteiger partial charge in [0, 0.05) is 30.7 Å². The van der Waals surface area contributed by atoms with Crippen molar-refractivity contribution in [2.24, 2.45) is 0 Å². The number of Topliss-reactive ketones (excluding diaryl/α,β-unsaturated/α-hetero) is 1. The second kappa shape index (κ2) is 8.21. The minimum absolute atomic E-state index is 0.0124. The Morgan fingerprint density at radius 3 is 2.54 bits per heavy atom. The largest absolute Gasteiger partial charge is 0.309 e. The molecule has 28 heavy (non-hydrogen) atoms. The number of aromatic nitrogens is 2. The topological polar surface area (TPSA) is 64.0 Å². The number of carbonyl (C=O) groups excluding carboxylic acids is 2. The van der Waals surface area contributed by atoms with Gasteiger partial charge >= 0.3 is 0 Å². The van der Waals surface area contributed by atoms with Crippen LogP contribution in [-0.4, -0.2) is 21.5 Å². The number of fused-ring (bicyclic) bond motifs is 1. The molecule has 5 nitrogen and oxygen atoms in total. The summed E-state index contributed by atoms with van der Waals surface area (Å²) in [5.74, 6) is 0.290. The highest BCUT2D eigenvalue weighted by molar-refractivity contribution is 6.00. The molecule has 3 aromatic rings. The van der Waals surface area contributed by atoms with Crippen molar-refractivity contribution in [1.29, 1.82) is 0 Å². The summed E-state index contributed by atoms with van der Waals surface area (Å²) in [6.45, 7) is 0. The Kier molecular flexibility index (Phi) is 5.33. The van der Waals surface area contributed by atoms with Gasteiger partial charge in [0.2, 0.25) is 5.91 Å². The fraction of sp³-hybridized carbons (Fsp3) is 0.261. The van der Waals surface area contributed by atoms with Crippen molar-refractivity contribution >= 4 is 17.5 Å². The lowest BCUT2D eigenvalue weighted by Crippen LogP contribution is -2.14. The number of nitrogens with one attached hydrogen (secondary N) is 1. The van der Waals surface area contributed by atoms with Crippen LogP contribution in [0.2, 0.25) is 0 Å². The summed E-state index contributed by atoms with van der Waals surface area (Å²) in [5.41, 5.74) is 4.27. The molecule has 0 saturated carbocycles. The van der Waals surface area contributed by atoms with Crippen molar-refractivity contribution in [3.63, 3.8) is 0 Å². The molecule has 1 aromatic heterocycles. The van der Waals surface area contributed by atoms with Crippen molar-refractivity contribution in [3.8, 4) is 5.69 Å². The number of para-hydroxylation sites is 1. The van der Waals surface area contributed by atoms with Crippen LogP contribution in [0.4, 0.5) is 5.82 Å². The quantitative estimate of drug-likeness (QED) is 0.653. The van der Waals surface area contributed by atoms with Crippen LogP contribution >= 0.6 is 0 Å². The smallest absolute Gasteiger partial charge is 0.226 e. The van der Waals surface area contributed by atoms with Gasteiger partial charge in [-0.1, -0.05) is 30.3 Å². The minimum atomic E-state index is -0.204. The molecule has 1 aliphatic carbocycles. The second-order valence-electron chi connectivity index (χ2n) is 7.14. The van der Waals surface area contributed by atoms with Gasteiger partial charge < -0.3 is 5.32 Å². The van der Waals surface area contributed by atoms with Crippen molar-refractivity contribution in [1.82, 2.24) is 9.78 Å². The monoisotopic (exact) mass is 373 g/mol. The van der Waals surface area contributed by atoms with E-state index in [1.165, 1.54) is 24.0 Å². The van der Waals surface area contributed by atoms with Gasteiger partial charge in [-0.2, -0.15) is 5.10 Å². The Labute approximate surface area is 164 Å². The number of hydrogen-bond acceptors (Lipinski definition) is 3. The molecule has 0 aliphatic heterocycles. The van der Waals surface area contributed by atoms with E-state index < -0.39 is 0 Å². The van der Waals surface area contributed by atoms with Gasteiger partial charge in [-0.05, 0) is 55.0 Å². The maximum absolute atomic E-state index is 12.5. The number of hydrogen-bond donors (Lipinski definition) is 1. The summed E-state index contributed by atoms with van der Waals surface area (Å²) >= 11 is 0. The summed E-state index contributed by atoms with van der Waals surface area (Å²) in [5, 5.41) is 7.12. The first kappa shape index (κ1) is 18.2. The first-order valence-electron chi connectivity index (χ1n) is 9.75. The van der Waals surface area contributed by atoms with Gasteiger partial charge in [-0.3, -0.25) is 9.59 Å². The third kappa shape index (κ3) is 4.19. The highest BCUT2D eigenvalue weighted by atomic mass is 16.2. The van der Waals surface area contributed by atoms with E-state index in [1.807, 2.05) is 42.5 Å². The van der Waals surface area contributed by atoms with E-state index in [0.29, 0.717) is 11.4 Å². The molecule has 5 heteroatoms. The number of ketones is 1. The van der Waals surface area contributed by atoms with Crippen LogP contribution in [0.5, 0.6) is 0 Å². The SMILES string of the molecule is O=C(CCC(=O)c1ccc2c(c1)CCCC2)Nc1ccn(-c2ccccc2)n1. The molecule has 0 saturated heterocycles. The Morgan fingerprint density at radius 2 is 1.71 bits per heavy atom. The maximum Gasteiger partial charge on any atom is 0.226 e. The number of carbonyl (C=O) groups is 2. The third-order valence-electron chi connectivity index (χ3n) is 5.13. The van der Waals surface area contributed by atoms with E-state index >= 15 is 0 Å². The van der Waals surface area contributed by atoms with Crippen LogP contribution in [0.1, 0.15) is 47.2 Å². The van der Waals surface area contributed by atoms with Crippen molar-refractivity contribution in [2.45, 2.75) is 38.5 Å². The molecule has 1 N–H and O–H groups in total. The fourth-order valence-corrected chi connectivity index (χ4v) is 3.60. The maximum atomic E-state index is 12.5. The standard InChI is InChI=1S/C23H23N3O2/c27-21(19-11-10-17-6-4-5-7-18(17)16-19)12-13-23(28)24-22-14-15-26(25-22)20-8-2-1-3-9-20/h1-3,8-11,14-16H,4-7,12-13H2,(H,24,25,28). The van der Waals surface area contributed by atoms with E-state index in [4.69, 9.17) is 0 Å². The van der Waals surface area contributed by atoms with Crippen LogP contribution in [-0.2, 0) is 17.6 Å². The molecule has 2 aromatic carbocycles. The lowest BCUT2D eigenvalue weighted by Gasteiger charge is -2.16. The average molecular weight is 373 g/mol. The first-order chi connectivity index (χ1) is 13.7. The predicted molar refractivity (Wildman–Crippen MR) is 109 cm³/mol. The van der Waals surface area contributed by atoms with Gasteiger partial charge in [-0.15, -0.1) is 0 Å². The molecule has 0 unspecified atom stereocenters. The second-order valence-corrected chi connectivity index (χ2v) is 7.14. The van der Waals surface area contributed by atoms with Gasteiger partial charge in [0.05, 0.1) is 5.69 Å². The number of aryl methyl sites for hydroxylation is 2. The number of rotatable bonds is 6. The number of anilines is 1. The molecule has 0 fully saturated rings. The molecule has 1 aliphatic rings. The number of benzene rings is 2. The Balaban J connectivity index is 1.32. The van der Waals surface area contributed by atoms with E-state index in [1.54, 1.807) is 16.9 Å². The summed E-state index contributed by atoms with van der Waals surface area (Å²) < 4.78 is 1.70. The molecular weight excluding hydrogens is 350 g/mol. The lowest BCUT2D eigenvalue weighted by molar-refractivity contribution is -0.116. The summed E-state index contributed by atoms with van der Waals surface area (Å²) in [6, 6.07) is 17.4. The van der Waals surface area contributed by atoms with E-state index in [9.17, 15) is 9.59 Å². The third-order valence-corrected chi connectivity index (χ3v) is 5.13. The molecule has 1 heterocycles. The van der Waals surface area contributed by atoms with Gasteiger partial charge in [0.15, 0.2) is 11.6 Å². The highest BCUT2D eigenvalue weighted by Gasteiger charge is 2.14. The minimum Gasteiger partial charge on any atom is -0.309 e. The zero-order chi connectivity index (χ0) is 19.3. The number of amides is 1. The predicted octanol–water partition coefficient (Wildman–Crippen LogP) is 4.35. The molecule has 1 amide bonds. The zero-order valence-electron chi connectivity index (χ0n) is 15.7. The van der Waals surface area contributed by atoms with E-state index in [2.05, 4.69) is 16.5 Å². The van der Waals surface area contributed by atoms with Crippen molar-refractivity contribution in [3.05, 3.63) is 77.5 Å². The Morgan fingerprint density at radius 1 is 0.929 bits per heavy atom. The van der Waals surface area contributed by atoms with E-state index in [0.717, 1.165) is 18.5 Å². The fourth-order valence-electron chi connectivity index (χ4n) is 3.60.